The number of hydrogen-bond donors (Lipinski definition) is 1. The van der Waals surface area contributed by atoms with Gasteiger partial charge in [0.25, 0.3) is 0 Å². The molecule has 0 radical (unpaired) electrons. The highest BCUT2D eigenvalue weighted by Crippen LogP contribution is 2.33. The van der Waals surface area contributed by atoms with Crippen LogP contribution in [-0.4, -0.2) is 17.2 Å². The van der Waals surface area contributed by atoms with Crippen LogP contribution in [0, 0.1) is 6.92 Å². The Hall–Kier alpha value is -1.10. The summed E-state index contributed by atoms with van der Waals surface area (Å²) < 4.78 is 5.70. The van der Waals surface area contributed by atoms with Gasteiger partial charge in [-0.25, -0.2) is 4.98 Å². The van der Waals surface area contributed by atoms with E-state index < -0.39 is 0 Å². The molecule has 1 aromatic carbocycles. The first-order valence-corrected chi connectivity index (χ1v) is 6.26. The summed E-state index contributed by atoms with van der Waals surface area (Å²) >= 11 is 7.15. The van der Waals surface area contributed by atoms with E-state index in [1.165, 1.54) is 11.3 Å². The smallest absolute Gasteiger partial charge is 0.184 e. The van der Waals surface area contributed by atoms with Gasteiger partial charge < -0.3 is 9.84 Å². The number of hydrogen-bond acceptors (Lipinski definition) is 4. The van der Waals surface area contributed by atoms with E-state index in [2.05, 4.69) is 4.98 Å². The van der Waals surface area contributed by atoms with Gasteiger partial charge in [-0.05, 0) is 18.6 Å². The molecule has 0 atom stereocenters. The highest BCUT2D eigenvalue weighted by Gasteiger charge is 2.12. The first-order chi connectivity index (χ1) is 8.15. The molecule has 1 heterocycles. The average Bonchev–Trinajstić information content (AvgIpc) is 2.71. The van der Waals surface area contributed by atoms with Crippen molar-refractivity contribution >= 4 is 22.9 Å². The van der Waals surface area contributed by atoms with E-state index in [0.717, 1.165) is 27.4 Å². The van der Waals surface area contributed by atoms with Crippen LogP contribution in [0.4, 0.5) is 0 Å². The molecule has 0 spiro atoms. The van der Waals surface area contributed by atoms with Crippen LogP contribution in [0.2, 0.25) is 4.47 Å². The number of benzene rings is 1. The Labute approximate surface area is 109 Å². The van der Waals surface area contributed by atoms with E-state index in [0.29, 0.717) is 4.47 Å². The van der Waals surface area contributed by atoms with Gasteiger partial charge in [0.15, 0.2) is 4.47 Å². The second-order valence-electron chi connectivity index (χ2n) is 3.58. The average molecular weight is 270 g/mol. The van der Waals surface area contributed by atoms with Crippen LogP contribution in [-0.2, 0) is 6.61 Å². The zero-order valence-corrected chi connectivity index (χ0v) is 11.1. The Bertz CT molecular complexity index is 539. The summed E-state index contributed by atoms with van der Waals surface area (Å²) in [7, 11) is 1.63. The van der Waals surface area contributed by atoms with Gasteiger partial charge in [-0.2, -0.15) is 0 Å². The number of aromatic nitrogens is 1. The van der Waals surface area contributed by atoms with E-state index >= 15 is 0 Å². The Morgan fingerprint density at radius 2 is 2.24 bits per heavy atom. The van der Waals surface area contributed by atoms with Crippen molar-refractivity contribution in [1.82, 2.24) is 4.98 Å². The van der Waals surface area contributed by atoms with Crippen molar-refractivity contribution in [3.05, 3.63) is 33.1 Å². The summed E-state index contributed by atoms with van der Waals surface area (Å²) in [6.45, 7) is 1.92. The summed E-state index contributed by atoms with van der Waals surface area (Å²) in [6, 6.07) is 5.81. The molecule has 0 bridgehead atoms. The Morgan fingerprint density at radius 3 is 2.88 bits per heavy atom. The van der Waals surface area contributed by atoms with Crippen molar-refractivity contribution < 1.29 is 9.84 Å². The molecule has 0 unspecified atom stereocenters. The molecular formula is C12H12ClNO2S. The normalized spacial score (nSPS) is 10.6. The molecular weight excluding hydrogens is 258 g/mol. The van der Waals surface area contributed by atoms with E-state index in [1.807, 2.05) is 25.1 Å². The third-order valence-electron chi connectivity index (χ3n) is 2.50. The molecule has 0 amide bonds. The van der Waals surface area contributed by atoms with Gasteiger partial charge in [0.1, 0.15) is 5.75 Å². The molecule has 5 heteroatoms. The summed E-state index contributed by atoms with van der Waals surface area (Å²) in [5.41, 5.74) is 2.68. The van der Waals surface area contributed by atoms with Crippen molar-refractivity contribution in [3.8, 4) is 17.0 Å². The molecule has 0 aliphatic heterocycles. The maximum atomic E-state index is 9.25. The number of rotatable bonds is 3. The monoisotopic (exact) mass is 269 g/mol. The maximum absolute atomic E-state index is 9.25. The number of methoxy groups -OCH3 is 1. The first-order valence-electron chi connectivity index (χ1n) is 5.06. The molecule has 1 aromatic heterocycles. The number of ether oxygens (including phenoxy) is 1. The van der Waals surface area contributed by atoms with Gasteiger partial charge in [0.05, 0.1) is 24.3 Å². The van der Waals surface area contributed by atoms with Gasteiger partial charge >= 0.3 is 0 Å². The van der Waals surface area contributed by atoms with E-state index in [1.54, 1.807) is 7.11 Å². The van der Waals surface area contributed by atoms with Crippen LogP contribution in [0.15, 0.2) is 18.2 Å². The van der Waals surface area contributed by atoms with Crippen LogP contribution in [0.25, 0.3) is 11.3 Å². The number of halogens is 1. The summed E-state index contributed by atoms with van der Waals surface area (Å²) in [5.74, 6) is 0.801. The summed E-state index contributed by atoms with van der Waals surface area (Å²) in [5, 5.41) is 9.25. The van der Waals surface area contributed by atoms with Crippen LogP contribution in [0.1, 0.15) is 10.4 Å². The molecule has 2 aromatic rings. The van der Waals surface area contributed by atoms with Crippen LogP contribution >= 0.6 is 22.9 Å². The molecule has 1 N–H and O–H groups in total. The molecule has 17 heavy (non-hydrogen) atoms. The summed E-state index contributed by atoms with van der Waals surface area (Å²) in [4.78, 5) is 4.99. The third-order valence-corrected chi connectivity index (χ3v) is 3.64. The topological polar surface area (TPSA) is 42.4 Å². The fourth-order valence-electron chi connectivity index (χ4n) is 1.62. The molecule has 0 aliphatic carbocycles. The molecule has 0 fully saturated rings. The second kappa shape index (κ2) is 5.04. The van der Waals surface area contributed by atoms with E-state index in [9.17, 15) is 5.11 Å². The number of aliphatic hydroxyl groups excluding tert-OH is 1. The zero-order chi connectivity index (χ0) is 12.4. The van der Waals surface area contributed by atoms with Gasteiger partial charge in [0, 0.05) is 5.56 Å². The first kappa shape index (κ1) is 12.4. The molecule has 0 aliphatic rings. The van der Waals surface area contributed by atoms with E-state index in [4.69, 9.17) is 16.3 Å². The molecule has 2 rings (SSSR count). The Kier molecular flexibility index (Phi) is 3.66. The lowest BCUT2D eigenvalue weighted by atomic mass is 10.1. The molecule has 90 valence electrons. The fraction of sp³-hybridized carbons (Fsp3) is 0.250. The van der Waals surface area contributed by atoms with E-state index in [-0.39, 0.29) is 6.61 Å². The van der Waals surface area contributed by atoms with Crippen LogP contribution in [0.3, 0.4) is 0 Å². The van der Waals surface area contributed by atoms with Gasteiger partial charge in [-0.3, -0.25) is 0 Å². The highest BCUT2D eigenvalue weighted by atomic mass is 35.5. The van der Waals surface area contributed by atoms with Gasteiger partial charge in [-0.15, -0.1) is 11.3 Å². The largest absolute Gasteiger partial charge is 0.496 e. The van der Waals surface area contributed by atoms with Gasteiger partial charge in [0.2, 0.25) is 0 Å². The number of nitrogens with zero attached hydrogens (tertiary/aromatic N) is 1. The maximum Gasteiger partial charge on any atom is 0.184 e. The Balaban J connectivity index is 2.52. The summed E-state index contributed by atoms with van der Waals surface area (Å²) in [6.07, 6.45) is 0. The van der Waals surface area contributed by atoms with Crippen molar-refractivity contribution in [2.24, 2.45) is 0 Å². The van der Waals surface area contributed by atoms with Crippen LogP contribution < -0.4 is 4.74 Å². The molecule has 3 nitrogen and oxygen atoms in total. The lowest BCUT2D eigenvalue weighted by molar-refractivity contribution is 0.286. The minimum atomic E-state index is -0.0596. The SMILES string of the molecule is COc1cc(-c2nc(Cl)sc2CO)ccc1C. The van der Waals surface area contributed by atoms with Crippen LogP contribution in [0.5, 0.6) is 5.75 Å². The molecule has 0 saturated carbocycles. The minimum absolute atomic E-state index is 0.0596. The van der Waals surface area contributed by atoms with Gasteiger partial charge in [-0.1, -0.05) is 23.7 Å². The lowest BCUT2D eigenvalue weighted by Gasteiger charge is -2.07. The van der Waals surface area contributed by atoms with Crippen molar-refractivity contribution in [1.29, 1.82) is 0 Å². The van der Waals surface area contributed by atoms with Crippen molar-refractivity contribution in [2.45, 2.75) is 13.5 Å². The fourth-order valence-corrected chi connectivity index (χ4v) is 2.65. The standard InChI is InChI=1S/C12H12ClNO2S/c1-7-3-4-8(5-9(7)16-2)11-10(6-15)17-12(13)14-11/h3-5,15H,6H2,1-2H3. The lowest BCUT2D eigenvalue weighted by Crippen LogP contribution is -1.90. The zero-order valence-electron chi connectivity index (χ0n) is 9.53. The predicted molar refractivity (Wildman–Crippen MR) is 69.8 cm³/mol. The third kappa shape index (κ3) is 2.44. The van der Waals surface area contributed by atoms with Crippen molar-refractivity contribution in [2.75, 3.05) is 7.11 Å². The quantitative estimate of drug-likeness (QED) is 0.930. The number of aryl methyl sites for hydroxylation is 1. The number of thiazole rings is 1. The predicted octanol–water partition coefficient (Wildman–Crippen LogP) is 3.27. The Morgan fingerprint density at radius 1 is 1.47 bits per heavy atom. The highest BCUT2D eigenvalue weighted by molar-refractivity contribution is 7.16. The molecule has 0 saturated heterocycles. The minimum Gasteiger partial charge on any atom is -0.496 e. The van der Waals surface area contributed by atoms with Crippen molar-refractivity contribution in [3.63, 3.8) is 0 Å². The number of aliphatic hydroxyl groups is 1. The second-order valence-corrected chi connectivity index (χ2v) is 5.25.